The number of unbranched alkanes of at least 4 members (excludes halogenated alkanes) is 3. The van der Waals surface area contributed by atoms with Crippen molar-refractivity contribution in [3.8, 4) is 17.1 Å². The first-order valence-electron chi connectivity index (χ1n) is 14.7. The highest BCUT2D eigenvalue weighted by Crippen LogP contribution is 2.34. The molecule has 3 rings (SSSR count). The molecular weight excluding hydrogens is 428 g/mol. The number of aryl methyl sites for hydroxylation is 1. The van der Waals surface area contributed by atoms with E-state index in [2.05, 4.69) is 55.0 Å². The number of hydrogen-bond acceptors (Lipinski definition) is 3. The van der Waals surface area contributed by atoms with Gasteiger partial charge in [0.05, 0.1) is 6.61 Å². The highest BCUT2D eigenvalue weighted by Gasteiger charge is 2.20. The average Bonchev–Trinajstić information content (AvgIpc) is 2.90. The van der Waals surface area contributed by atoms with Crippen LogP contribution in [-0.4, -0.2) is 16.6 Å². The molecule has 3 heteroatoms. The van der Waals surface area contributed by atoms with Crippen LogP contribution in [0.4, 0.5) is 0 Å². The van der Waals surface area contributed by atoms with Crippen LogP contribution >= 0.6 is 0 Å². The van der Waals surface area contributed by atoms with Crippen molar-refractivity contribution in [3.63, 3.8) is 0 Å². The van der Waals surface area contributed by atoms with Crippen molar-refractivity contribution in [2.24, 2.45) is 17.8 Å². The molecule has 1 atom stereocenters. The van der Waals surface area contributed by atoms with Gasteiger partial charge in [0.25, 0.3) is 0 Å². The standard InChI is InChI=1S/C32H50N2O/c1-4-6-7-12-27-15-17-28(18-16-27)14-10-23-35-31-21-19-30(20-22-31)32-33-24-29(25-34-32)13-9-8-11-26(3)5-2/h19-22,24-28H,4-18,23H2,1-3H3. The van der Waals surface area contributed by atoms with E-state index in [0.717, 1.165) is 54.3 Å². The Balaban J connectivity index is 1.31. The summed E-state index contributed by atoms with van der Waals surface area (Å²) >= 11 is 0. The van der Waals surface area contributed by atoms with Gasteiger partial charge in [0, 0.05) is 18.0 Å². The third kappa shape index (κ3) is 10.3. The molecule has 0 aliphatic heterocycles. The lowest BCUT2D eigenvalue weighted by Crippen LogP contribution is -2.15. The molecule has 2 aromatic rings. The van der Waals surface area contributed by atoms with Gasteiger partial charge in [0.15, 0.2) is 5.82 Å². The summed E-state index contributed by atoms with van der Waals surface area (Å²) in [5.74, 6) is 4.51. The molecule has 1 aliphatic carbocycles. The normalized spacial score (nSPS) is 18.9. The first kappa shape index (κ1) is 27.7. The number of hydrogen-bond donors (Lipinski definition) is 0. The molecule has 0 spiro atoms. The van der Waals surface area contributed by atoms with Crippen molar-refractivity contribution in [1.82, 2.24) is 9.97 Å². The lowest BCUT2D eigenvalue weighted by Gasteiger charge is -2.28. The number of rotatable bonds is 16. The maximum absolute atomic E-state index is 6.03. The molecule has 0 amide bonds. The minimum atomic E-state index is 0.796. The van der Waals surface area contributed by atoms with Gasteiger partial charge >= 0.3 is 0 Å². The van der Waals surface area contributed by atoms with E-state index < -0.39 is 0 Å². The fraction of sp³-hybridized carbons (Fsp3) is 0.688. The first-order valence-corrected chi connectivity index (χ1v) is 14.7. The molecule has 1 aliphatic rings. The van der Waals surface area contributed by atoms with E-state index >= 15 is 0 Å². The molecule has 0 bridgehead atoms. The molecule has 3 nitrogen and oxygen atoms in total. The molecule has 1 fully saturated rings. The van der Waals surface area contributed by atoms with Crippen molar-refractivity contribution in [2.75, 3.05) is 6.61 Å². The van der Waals surface area contributed by atoms with Crippen molar-refractivity contribution in [2.45, 2.75) is 117 Å². The lowest BCUT2D eigenvalue weighted by atomic mass is 9.78. The van der Waals surface area contributed by atoms with Crippen molar-refractivity contribution in [3.05, 3.63) is 42.2 Å². The highest BCUT2D eigenvalue weighted by molar-refractivity contribution is 5.55. The molecule has 194 valence electrons. The first-order chi connectivity index (χ1) is 17.2. The molecule has 1 unspecified atom stereocenters. The van der Waals surface area contributed by atoms with Crippen molar-refractivity contribution in [1.29, 1.82) is 0 Å². The average molecular weight is 479 g/mol. The van der Waals surface area contributed by atoms with Gasteiger partial charge in [-0.15, -0.1) is 0 Å². The second-order valence-corrected chi connectivity index (χ2v) is 11.1. The summed E-state index contributed by atoms with van der Waals surface area (Å²) in [6, 6.07) is 8.28. The summed E-state index contributed by atoms with van der Waals surface area (Å²) in [7, 11) is 0. The van der Waals surface area contributed by atoms with E-state index in [1.54, 1.807) is 0 Å². The van der Waals surface area contributed by atoms with E-state index in [0.29, 0.717) is 0 Å². The second kappa shape index (κ2) is 16.0. The van der Waals surface area contributed by atoms with E-state index in [4.69, 9.17) is 4.74 Å². The predicted octanol–water partition coefficient (Wildman–Crippen LogP) is 9.45. The van der Waals surface area contributed by atoms with E-state index in [9.17, 15) is 0 Å². The molecule has 1 heterocycles. The quantitative estimate of drug-likeness (QED) is 0.225. The topological polar surface area (TPSA) is 35.0 Å². The molecule has 0 radical (unpaired) electrons. The van der Waals surface area contributed by atoms with Gasteiger partial charge in [-0.05, 0) is 73.3 Å². The monoisotopic (exact) mass is 478 g/mol. The lowest BCUT2D eigenvalue weighted by molar-refractivity contribution is 0.228. The Hall–Kier alpha value is -1.90. The van der Waals surface area contributed by atoms with Crippen LogP contribution in [0.3, 0.4) is 0 Å². The Morgan fingerprint density at radius 1 is 0.829 bits per heavy atom. The number of nitrogens with zero attached hydrogens (tertiary/aromatic N) is 2. The fourth-order valence-electron chi connectivity index (χ4n) is 5.41. The zero-order valence-electron chi connectivity index (χ0n) is 22.8. The third-order valence-electron chi connectivity index (χ3n) is 8.13. The number of aromatic nitrogens is 2. The van der Waals surface area contributed by atoms with Gasteiger partial charge in [0.2, 0.25) is 0 Å². The SMILES string of the molecule is CCCCCC1CCC(CCCOc2ccc(-c3ncc(CCCCC(C)CC)cn3)cc2)CC1. The summed E-state index contributed by atoms with van der Waals surface area (Å²) < 4.78 is 6.03. The van der Waals surface area contributed by atoms with Gasteiger partial charge in [-0.25, -0.2) is 9.97 Å². The van der Waals surface area contributed by atoms with Crippen molar-refractivity contribution >= 4 is 0 Å². The van der Waals surface area contributed by atoms with Crippen LogP contribution < -0.4 is 4.74 Å². The molecule has 0 saturated heterocycles. The third-order valence-corrected chi connectivity index (χ3v) is 8.13. The van der Waals surface area contributed by atoms with Gasteiger partial charge in [-0.1, -0.05) is 91.4 Å². The zero-order chi connectivity index (χ0) is 24.7. The van der Waals surface area contributed by atoms with E-state index in [1.807, 2.05) is 12.4 Å². The zero-order valence-corrected chi connectivity index (χ0v) is 22.8. The summed E-state index contributed by atoms with van der Waals surface area (Å²) in [6.45, 7) is 7.74. The fourth-order valence-corrected chi connectivity index (χ4v) is 5.41. The van der Waals surface area contributed by atoms with Crippen LogP contribution in [0.1, 0.15) is 116 Å². The van der Waals surface area contributed by atoms with Crippen LogP contribution in [0.2, 0.25) is 0 Å². The molecular formula is C32H50N2O. The maximum Gasteiger partial charge on any atom is 0.159 e. The van der Waals surface area contributed by atoms with Crippen LogP contribution in [0, 0.1) is 17.8 Å². The molecule has 1 aromatic heterocycles. The summed E-state index contributed by atoms with van der Waals surface area (Å²) in [5.41, 5.74) is 2.29. The Kier molecular flexibility index (Phi) is 12.6. The second-order valence-electron chi connectivity index (χ2n) is 11.1. The Bertz CT molecular complexity index is 793. The van der Waals surface area contributed by atoms with Crippen LogP contribution in [-0.2, 0) is 6.42 Å². The molecule has 1 aromatic carbocycles. The van der Waals surface area contributed by atoms with Gasteiger partial charge in [-0.2, -0.15) is 0 Å². The predicted molar refractivity (Wildman–Crippen MR) is 149 cm³/mol. The molecule has 35 heavy (non-hydrogen) atoms. The summed E-state index contributed by atoms with van der Waals surface area (Å²) in [4.78, 5) is 9.22. The van der Waals surface area contributed by atoms with Gasteiger partial charge in [0.1, 0.15) is 5.75 Å². The van der Waals surface area contributed by atoms with Gasteiger partial charge in [-0.3, -0.25) is 0 Å². The number of ether oxygens (including phenoxy) is 1. The Morgan fingerprint density at radius 3 is 2.11 bits per heavy atom. The Labute approximate surface area is 215 Å². The summed E-state index contributed by atoms with van der Waals surface area (Å²) in [6.07, 6.45) is 24.1. The van der Waals surface area contributed by atoms with E-state index in [1.165, 1.54) is 89.0 Å². The largest absolute Gasteiger partial charge is 0.494 e. The summed E-state index contributed by atoms with van der Waals surface area (Å²) in [5, 5.41) is 0. The molecule has 0 N–H and O–H groups in total. The molecule has 1 saturated carbocycles. The highest BCUT2D eigenvalue weighted by atomic mass is 16.5. The van der Waals surface area contributed by atoms with Crippen LogP contribution in [0.5, 0.6) is 5.75 Å². The number of benzene rings is 1. The minimum Gasteiger partial charge on any atom is -0.494 e. The maximum atomic E-state index is 6.03. The smallest absolute Gasteiger partial charge is 0.159 e. The van der Waals surface area contributed by atoms with Crippen molar-refractivity contribution < 1.29 is 4.74 Å². The minimum absolute atomic E-state index is 0.796. The van der Waals surface area contributed by atoms with Gasteiger partial charge < -0.3 is 4.74 Å². The van der Waals surface area contributed by atoms with E-state index in [-0.39, 0.29) is 0 Å². The Morgan fingerprint density at radius 2 is 1.49 bits per heavy atom. The van der Waals surface area contributed by atoms with Crippen LogP contribution in [0.15, 0.2) is 36.7 Å². The van der Waals surface area contributed by atoms with Crippen LogP contribution in [0.25, 0.3) is 11.4 Å².